The molecule has 2 aromatic carbocycles. The third kappa shape index (κ3) is 3.09. The van der Waals surface area contributed by atoms with Crippen LogP contribution in [0.4, 0.5) is 9.18 Å². The molecule has 144 valence electrons. The molecule has 1 N–H and O–H groups in total. The number of carbonyl (C=O) groups excluding carboxylic acids is 2. The van der Waals surface area contributed by atoms with Gasteiger partial charge >= 0.3 is 6.03 Å². The molecule has 2 aromatic rings. The Hall–Kier alpha value is -3.35. The zero-order valence-corrected chi connectivity index (χ0v) is 15.6. The summed E-state index contributed by atoms with van der Waals surface area (Å²) in [4.78, 5) is 28.8. The second-order valence-electron chi connectivity index (χ2n) is 6.86. The number of amides is 3. The molecule has 4 rings (SSSR count). The van der Waals surface area contributed by atoms with Crippen molar-refractivity contribution in [1.29, 1.82) is 0 Å². The molecule has 0 unspecified atom stereocenters. The van der Waals surface area contributed by atoms with Gasteiger partial charge in [0.1, 0.15) is 11.6 Å². The van der Waals surface area contributed by atoms with E-state index >= 15 is 0 Å². The molecule has 2 aliphatic heterocycles. The van der Waals surface area contributed by atoms with E-state index in [9.17, 15) is 14.0 Å². The second kappa shape index (κ2) is 6.99. The zero-order valence-electron chi connectivity index (χ0n) is 15.6. The van der Waals surface area contributed by atoms with Crippen molar-refractivity contribution in [3.8, 4) is 5.75 Å². The van der Waals surface area contributed by atoms with Gasteiger partial charge in [0.25, 0.3) is 5.91 Å². The molecule has 0 bridgehead atoms. The highest BCUT2D eigenvalue weighted by atomic mass is 19.1. The fraction of sp³-hybridized carbons (Fsp3) is 0.238. The predicted molar refractivity (Wildman–Crippen MR) is 101 cm³/mol. The largest absolute Gasteiger partial charge is 0.497 e. The van der Waals surface area contributed by atoms with Crippen LogP contribution >= 0.6 is 0 Å². The Morgan fingerprint density at radius 2 is 1.79 bits per heavy atom. The summed E-state index contributed by atoms with van der Waals surface area (Å²) in [5.41, 5.74) is 2.90. The number of halogens is 1. The maximum absolute atomic E-state index is 13.2. The minimum absolute atomic E-state index is 0.132. The van der Waals surface area contributed by atoms with Crippen LogP contribution < -0.4 is 10.1 Å². The maximum atomic E-state index is 13.2. The van der Waals surface area contributed by atoms with Crippen molar-refractivity contribution < 1.29 is 18.7 Å². The number of likely N-dealkylation sites (N-methyl/N-ethyl adjacent to an activating group) is 1. The minimum atomic E-state index is -0.518. The van der Waals surface area contributed by atoms with Gasteiger partial charge in [-0.1, -0.05) is 24.3 Å². The number of nitrogens with zero attached hydrogens (tertiary/aromatic N) is 2. The van der Waals surface area contributed by atoms with E-state index in [-0.39, 0.29) is 17.8 Å². The van der Waals surface area contributed by atoms with Gasteiger partial charge in [0.05, 0.1) is 31.0 Å². The third-order valence-electron chi connectivity index (χ3n) is 5.17. The van der Waals surface area contributed by atoms with Crippen LogP contribution in [-0.2, 0) is 11.3 Å². The van der Waals surface area contributed by atoms with Gasteiger partial charge in [-0.15, -0.1) is 0 Å². The summed E-state index contributed by atoms with van der Waals surface area (Å²) >= 11 is 0. The molecule has 2 aliphatic rings. The quantitative estimate of drug-likeness (QED) is 0.886. The van der Waals surface area contributed by atoms with Crippen LogP contribution in [0.15, 0.2) is 59.8 Å². The first kappa shape index (κ1) is 18.0. The van der Waals surface area contributed by atoms with Gasteiger partial charge in [0.15, 0.2) is 0 Å². The normalized spacial score (nSPS) is 19.0. The van der Waals surface area contributed by atoms with Crippen LogP contribution in [0.3, 0.4) is 0 Å². The summed E-state index contributed by atoms with van der Waals surface area (Å²) < 4.78 is 18.3. The zero-order chi connectivity index (χ0) is 19.8. The van der Waals surface area contributed by atoms with Crippen molar-refractivity contribution in [3.05, 3.63) is 76.7 Å². The highest BCUT2D eigenvalue weighted by molar-refractivity contribution is 6.01. The molecule has 28 heavy (non-hydrogen) atoms. The Morgan fingerprint density at radius 3 is 2.43 bits per heavy atom. The van der Waals surface area contributed by atoms with E-state index in [2.05, 4.69) is 5.32 Å². The number of ether oxygens (including phenoxy) is 1. The summed E-state index contributed by atoms with van der Waals surface area (Å²) in [5.74, 6) is 0.253. The van der Waals surface area contributed by atoms with E-state index in [0.717, 1.165) is 11.1 Å². The molecule has 0 saturated heterocycles. The minimum Gasteiger partial charge on any atom is -0.497 e. The maximum Gasteiger partial charge on any atom is 0.322 e. The lowest BCUT2D eigenvalue weighted by atomic mass is 9.95. The lowest BCUT2D eigenvalue weighted by molar-refractivity contribution is -0.126. The Labute approximate surface area is 162 Å². The molecule has 2 heterocycles. The van der Waals surface area contributed by atoms with Crippen LogP contribution in [-0.4, -0.2) is 42.4 Å². The van der Waals surface area contributed by atoms with Crippen LogP contribution in [0.1, 0.15) is 17.2 Å². The Morgan fingerprint density at radius 1 is 1.11 bits per heavy atom. The number of nitrogens with one attached hydrogen (secondary N) is 1. The molecular weight excluding hydrogens is 361 g/mol. The van der Waals surface area contributed by atoms with Crippen LogP contribution in [0.5, 0.6) is 5.75 Å². The number of benzene rings is 2. The molecule has 7 heteroatoms. The highest BCUT2D eigenvalue weighted by Gasteiger charge is 2.42. The molecule has 1 atom stereocenters. The van der Waals surface area contributed by atoms with Gasteiger partial charge in [0.2, 0.25) is 0 Å². The standard InChI is InChI=1S/C21H20FN3O3/c1-24-17-12-25(11-13-3-7-15(22)8-4-13)20(26)18(17)19(23-21(24)27)14-5-9-16(28-2)10-6-14/h3-10,19H,11-12H2,1-2H3,(H,23,27)/t19-/m1/s1. The summed E-state index contributed by atoms with van der Waals surface area (Å²) in [6, 6.07) is 12.6. The third-order valence-corrected chi connectivity index (χ3v) is 5.17. The smallest absolute Gasteiger partial charge is 0.322 e. The molecule has 0 aliphatic carbocycles. The molecule has 0 saturated carbocycles. The van der Waals surface area contributed by atoms with Crippen molar-refractivity contribution >= 4 is 11.9 Å². The van der Waals surface area contributed by atoms with E-state index < -0.39 is 6.04 Å². The van der Waals surface area contributed by atoms with E-state index in [1.807, 2.05) is 12.1 Å². The fourth-order valence-electron chi connectivity index (χ4n) is 3.61. The van der Waals surface area contributed by atoms with E-state index in [1.54, 1.807) is 43.3 Å². The lowest BCUT2D eigenvalue weighted by Gasteiger charge is -2.31. The number of urea groups is 1. The van der Waals surface area contributed by atoms with Crippen molar-refractivity contribution in [2.75, 3.05) is 20.7 Å². The predicted octanol–water partition coefficient (Wildman–Crippen LogP) is 2.83. The molecule has 0 spiro atoms. The van der Waals surface area contributed by atoms with E-state index in [4.69, 9.17) is 4.74 Å². The van der Waals surface area contributed by atoms with Crippen molar-refractivity contribution in [3.63, 3.8) is 0 Å². The molecule has 0 aromatic heterocycles. The second-order valence-corrected chi connectivity index (χ2v) is 6.86. The monoisotopic (exact) mass is 381 g/mol. The van der Waals surface area contributed by atoms with Crippen LogP contribution in [0.25, 0.3) is 0 Å². The van der Waals surface area contributed by atoms with Gasteiger partial charge in [-0.25, -0.2) is 9.18 Å². The summed E-state index contributed by atoms with van der Waals surface area (Å²) in [6.45, 7) is 0.686. The summed E-state index contributed by atoms with van der Waals surface area (Å²) in [6.07, 6.45) is 0. The van der Waals surface area contributed by atoms with Gasteiger partial charge in [-0.2, -0.15) is 0 Å². The molecule has 3 amide bonds. The highest BCUT2D eigenvalue weighted by Crippen LogP contribution is 2.36. The van der Waals surface area contributed by atoms with Gasteiger partial charge in [0, 0.05) is 13.6 Å². The van der Waals surface area contributed by atoms with Crippen LogP contribution in [0.2, 0.25) is 0 Å². The Kier molecular flexibility index (Phi) is 4.50. The number of hydrogen-bond acceptors (Lipinski definition) is 3. The van der Waals surface area contributed by atoms with Gasteiger partial charge in [-0.05, 0) is 35.4 Å². The average molecular weight is 381 g/mol. The summed E-state index contributed by atoms with van der Waals surface area (Å²) in [5, 5.41) is 2.90. The number of methoxy groups -OCH3 is 1. The average Bonchev–Trinajstić information content (AvgIpc) is 3.03. The van der Waals surface area contributed by atoms with Crippen molar-refractivity contribution in [2.45, 2.75) is 12.6 Å². The van der Waals surface area contributed by atoms with Gasteiger partial charge < -0.3 is 15.0 Å². The Balaban J connectivity index is 1.64. The van der Waals surface area contributed by atoms with E-state index in [0.29, 0.717) is 30.1 Å². The summed E-state index contributed by atoms with van der Waals surface area (Å²) in [7, 11) is 3.24. The number of carbonyl (C=O) groups is 2. The first-order valence-corrected chi connectivity index (χ1v) is 8.93. The SMILES string of the molecule is COc1ccc([C@H]2NC(=O)N(C)C3=C2C(=O)N(Cc2ccc(F)cc2)C3)cc1. The van der Waals surface area contributed by atoms with Gasteiger partial charge in [-0.3, -0.25) is 9.69 Å². The molecular formula is C21H20FN3O3. The number of rotatable bonds is 4. The van der Waals surface area contributed by atoms with Crippen molar-refractivity contribution in [2.24, 2.45) is 0 Å². The van der Waals surface area contributed by atoms with Crippen molar-refractivity contribution in [1.82, 2.24) is 15.1 Å². The molecule has 6 nitrogen and oxygen atoms in total. The number of hydrogen-bond donors (Lipinski definition) is 1. The molecule has 0 fully saturated rings. The van der Waals surface area contributed by atoms with Crippen LogP contribution in [0, 0.1) is 5.82 Å². The lowest BCUT2D eigenvalue weighted by Crippen LogP contribution is -2.45. The first-order chi connectivity index (χ1) is 13.5. The van der Waals surface area contributed by atoms with E-state index in [1.165, 1.54) is 17.0 Å². The first-order valence-electron chi connectivity index (χ1n) is 8.93. The topological polar surface area (TPSA) is 61.9 Å². The fourth-order valence-corrected chi connectivity index (χ4v) is 3.61. The Bertz CT molecular complexity index is 954. The molecule has 0 radical (unpaired) electrons.